The molecule has 10 heteroatoms. The first kappa shape index (κ1) is 47.4. The van der Waals surface area contributed by atoms with Crippen molar-refractivity contribution in [2.24, 2.45) is 5.92 Å². The van der Waals surface area contributed by atoms with Gasteiger partial charge in [-0.15, -0.1) is 0 Å². The number of hydrogen-bond donors (Lipinski definition) is 0. The molecule has 6 aromatic carbocycles. The van der Waals surface area contributed by atoms with Crippen molar-refractivity contribution in [2.45, 2.75) is 102 Å². The van der Waals surface area contributed by atoms with Crippen molar-refractivity contribution < 1.29 is 47.4 Å². The van der Waals surface area contributed by atoms with Crippen LogP contribution in [0, 0.1) is 5.92 Å². The molecule has 2 aliphatic rings. The fraction of sp³-hybridized carbons (Fsp3) is 0.357. The zero-order valence-electron chi connectivity index (χ0n) is 37.8. The van der Waals surface area contributed by atoms with Crippen LogP contribution in [0.5, 0.6) is 0 Å². The molecule has 0 aromatic heterocycles. The predicted molar refractivity (Wildman–Crippen MR) is 251 cm³/mol. The lowest BCUT2D eigenvalue weighted by Crippen LogP contribution is -2.65. The summed E-state index contributed by atoms with van der Waals surface area (Å²) in [5, 5.41) is 0. The summed E-state index contributed by atoms with van der Waals surface area (Å²) in [5.74, 6) is -0.251. The molecule has 0 saturated carbocycles. The summed E-state index contributed by atoms with van der Waals surface area (Å²) >= 11 is 0. The van der Waals surface area contributed by atoms with Crippen LogP contribution in [0.1, 0.15) is 40.3 Å². The molecule has 0 bridgehead atoms. The van der Waals surface area contributed by atoms with E-state index < -0.39 is 55.3 Å². The van der Waals surface area contributed by atoms with Gasteiger partial charge in [0.15, 0.2) is 12.6 Å². The molecule has 0 unspecified atom stereocenters. The summed E-state index contributed by atoms with van der Waals surface area (Å²) in [6.45, 7) is 4.42. The normalized spacial score (nSPS) is 25.4. The standard InChI is InChI=1S/C56H62O10/c1-41-50(60-35-44-25-13-5-14-26-44)52(49(64-55(41)57-2)40-59-34-43-23-11-4-12-24-43)66-56-54(63-38-47-31-19-8-20-32-47)53(62-37-46-29-17-7-18-30-46)51(61-36-45-27-15-6-16-28-45)48(65-56)39-58-33-42-21-9-3-10-22-42/h3-32,41,48-56H,33-40H2,1-2H3/t41-,48-,49-,50-,51+,52-,53+,54-,55-,56+/m1/s1. The highest BCUT2D eigenvalue weighted by atomic mass is 16.8. The maximum atomic E-state index is 7.38. The van der Waals surface area contributed by atoms with Crippen LogP contribution >= 0.6 is 0 Å². The van der Waals surface area contributed by atoms with Gasteiger partial charge >= 0.3 is 0 Å². The van der Waals surface area contributed by atoms with Gasteiger partial charge in [-0.25, -0.2) is 0 Å². The lowest BCUT2D eigenvalue weighted by molar-refractivity contribution is -0.368. The molecule has 66 heavy (non-hydrogen) atoms. The molecule has 10 nitrogen and oxygen atoms in total. The molecule has 6 aromatic rings. The van der Waals surface area contributed by atoms with Crippen LogP contribution in [0.15, 0.2) is 182 Å². The van der Waals surface area contributed by atoms with E-state index in [1.165, 1.54) is 0 Å². The third kappa shape index (κ3) is 13.5. The second-order valence-electron chi connectivity index (χ2n) is 16.8. The fourth-order valence-electron chi connectivity index (χ4n) is 8.50. The van der Waals surface area contributed by atoms with Crippen molar-refractivity contribution in [1.82, 2.24) is 0 Å². The van der Waals surface area contributed by atoms with Gasteiger partial charge in [-0.2, -0.15) is 0 Å². The predicted octanol–water partition coefficient (Wildman–Crippen LogP) is 9.88. The van der Waals surface area contributed by atoms with E-state index in [0.29, 0.717) is 33.0 Å². The fourth-order valence-corrected chi connectivity index (χ4v) is 8.50. The third-order valence-corrected chi connectivity index (χ3v) is 12.0. The van der Waals surface area contributed by atoms with E-state index in [-0.39, 0.29) is 25.7 Å². The number of benzene rings is 6. The molecular formula is C56H62O10. The molecule has 0 amide bonds. The van der Waals surface area contributed by atoms with Gasteiger partial charge in [-0.05, 0) is 33.4 Å². The molecule has 8 rings (SSSR count). The number of methoxy groups -OCH3 is 1. The number of rotatable bonds is 23. The Bertz CT molecular complexity index is 2220. The molecular weight excluding hydrogens is 833 g/mol. The topological polar surface area (TPSA) is 92.3 Å². The Morgan fingerprint density at radius 3 is 1.06 bits per heavy atom. The molecule has 10 atom stereocenters. The van der Waals surface area contributed by atoms with Crippen LogP contribution in [0.3, 0.4) is 0 Å². The molecule has 2 fully saturated rings. The third-order valence-electron chi connectivity index (χ3n) is 12.0. The Hall–Kier alpha value is -5.08. The maximum absolute atomic E-state index is 7.38. The minimum absolute atomic E-state index is 0.186. The smallest absolute Gasteiger partial charge is 0.187 e. The molecule has 2 heterocycles. The van der Waals surface area contributed by atoms with Crippen molar-refractivity contribution in [3.63, 3.8) is 0 Å². The summed E-state index contributed by atoms with van der Waals surface area (Å²) in [4.78, 5) is 0. The van der Waals surface area contributed by atoms with E-state index in [1.54, 1.807) is 7.11 Å². The Morgan fingerprint density at radius 1 is 0.348 bits per heavy atom. The van der Waals surface area contributed by atoms with Gasteiger partial charge in [0.25, 0.3) is 0 Å². The van der Waals surface area contributed by atoms with Crippen LogP contribution in [0.4, 0.5) is 0 Å². The van der Waals surface area contributed by atoms with Crippen LogP contribution in [0.2, 0.25) is 0 Å². The second kappa shape index (κ2) is 25.2. The van der Waals surface area contributed by atoms with Crippen molar-refractivity contribution in [2.75, 3.05) is 20.3 Å². The van der Waals surface area contributed by atoms with Gasteiger partial charge in [0.2, 0.25) is 0 Å². The summed E-state index contributed by atoms with van der Waals surface area (Å²) in [7, 11) is 1.65. The van der Waals surface area contributed by atoms with Crippen molar-refractivity contribution in [3.8, 4) is 0 Å². The van der Waals surface area contributed by atoms with Crippen LogP contribution in [-0.2, 0) is 87.0 Å². The average Bonchev–Trinajstić information content (AvgIpc) is 3.37. The van der Waals surface area contributed by atoms with E-state index in [4.69, 9.17) is 47.4 Å². The van der Waals surface area contributed by atoms with E-state index in [9.17, 15) is 0 Å². The molecule has 346 valence electrons. The summed E-state index contributed by atoms with van der Waals surface area (Å²) in [5.41, 5.74) is 6.13. The maximum Gasteiger partial charge on any atom is 0.187 e. The van der Waals surface area contributed by atoms with Crippen molar-refractivity contribution in [1.29, 1.82) is 0 Å². The number of hydrogen-bond acceptors (Lipinski definition) is 10. The quantitative estimate of drug-likeness (QED) is 0.0619. The SMILES string of the molecule is CO[C@@H]1O[C@H](COCc2ccccc2)[C@@H](O[C@@H]2O[C@H](COCc3ccccc3)[C@H](OCc3ccccc3)[C@H](OCc3ccccc3)[C@H]2OCc2ccccc2)[C@H](OCc2ccccc2)[C@H]1C. The lowest BCUT2D eigenvalue weighted by atomic mass is 9.91. The van der Waals surface area contributed by atoms with Gasteiger partial charge in [-0.3, -0.25) is 0 Å². The van der Waals surface area contributed by atoms with Crippen LogP contribution in [-0.4, -0.2) is 75.6 Å². The Labute approximate surface area is 389 Å². The highest BCUT2D eigenvalue weighted by Gasteiger charge is 2.53. The highest BCUT2D eigenvalue weighted by Crippen LogP contribution is 2.37. The van der Waals surface area contributed by atoms with E-state index in [2.05, 4.69) is 31.2 Å². The minimum Gasteiger partial charge on any atom is -0.374 e. The first-order chi connectivity index (χ1) is 32.6. The lowest BCUT2D eigenvalue weighted by Gasteiger charge is -2.50. The molecule has 2 aliphatic heterocycles. The zero-order valence-corrected chi connectivity index (χ0v) is 37.8. The Balaban J connectivity index is 1.16. The summed E-state index contributed by atoms with van der Waals surface area (Å²) in [6.07, 6.45) is -6.22. The number of ether oxygens (including phenoxy) is 10. The van der Waals surface area contributed by atoms with E-state index in [1.807, 2.05) is 158 Å². The largest absolute Gasteiger partial charge is 0.374 e. The molecule has 0 radical (unpaired) electrons. The Kier molecular flexibility index (Phi) is 18.1. The molecule has 0 spiro atoms. The van der Waals surface area contributed by atoms with Gasteiger partial charge in [0.1, 0.15) is 36.6 Å². The van der Waals surface area contributed by atoms with Gasteiger partial charge in [-0.1, -0.05) is 189 Å². The summed E-state index contributed by atoms with van der Waals surface area (Å²) < 4.78 is 68.0. The molecule has 2 saturated heterocycles. The first-order valence-electron chi connectivity index (χ1n) is 23.0. The van der Waals surface area contributed by atoms with Gasteiger partial charge in [0.05, 0.1) is 59.0 Å². The van der Waals surface area contributed by atoms with Gasteiger partial charge < -0.3 is 47.4 Å². The summed E-state index contributed by atoms with van der Waals surface area (Å²) in [6, 6.07) is 60.6. The minimum atomic E-state index is -1.00. The Morgan fingerprint density at radius 2 is 0.667 bits per heavy atom. The van der Waals surface area contributed by atoms with Crippen LogP contribution in [0.25, 0.3) is 0 Å². The van der Waals surface area contributed by atoms with Crippen molar-refractivity contribution >= 4 is 0 Å². The van der Waals surface area contributed by atoms with Gasteiger partial charge in [0, 0.05) is 13.0 Å². The van der Waals surface area contributed by atoms with Crippen molar-refractivity contribution in [3.05, 3.63) is 215 Å². The monoisotopic (exact) mass is 894 g/mol. The highest BCUT2D eigenvalue weighted by molar-refractivity contribution is 5.18. The van der Waals surface area contributed by atoms with E-state index >= 15 is 0 Å². The zero-order chi connectivity index (χ0) is 45.2. The molecule has 0 aliphatic carbocycles. The average molecular weight is 895 g/mol. The second-order valence-corrected chi connectivity index (χ2v) is 16.8. The van der Waals surface area contributed by atoms with E-state index in [0.717, 1.165) is 33.4 Å². The van der Waals surface area contributed by atoms with Crippen LogP contribution < -0.4 is 0 Å². The first-order valence-corrected chi connectivity index (χ1v) is 23.0. The molecule has 0 N–H and O–H groups in total.